The van der Waals surface area contributed by atoms with E-state index in [-0.39, 0.29) is 24.0 Å². The van der Waals surface area contributed by atoms with E-state index in [1.807, 2.05) is 6.92 Å². The van der Waals surface area contributed by atoms with Crippen molar-refractivity contribution in [2.75, 3.05) is 26.9 Å². The van der Waals surface area contributed by atoms with Gasteiger partial charge in [0.2, 0.25) is 0 Å². The van der Waals surface area contributed by atoms with Gasteiger partial charge >= 0.3 is 0 Å². The van der Waals surface area contributed by atoms with Gasteiger partial charge in [0.25, 0.3) is 0 Å². The molecule has 7 heteroatoms. The summed E-state index contributed by atoms with van der Waals surface area (Å²) < 4.78 is 11.2. The minimum absolute atomic E-state index is 0. The van der Waals surface area contributed by atoms with Crippen LogP contribution in [0.3, 0.4) is 0 Å². The SMILES string of the molecule is CCOCCOc1cc(C)ccc1CNC(=NC)NCc1ccsc1.I. The van der Waals surface area contributed by atoms with E-state index in [9.17, 15) is 0 Å². The lowest BCUT2D eigenvalue weighted by atomic mass is 10.1. The number of thiophene rings is 1. The standard InChI is InChI=1S/C19H27N3O2S.HI/c1-4-23-8-9-24-18-11-15(2)5-6-17(18)13-22-19(20-3)21-12-16-7-10-25-14-16;/h5-7,10-11,14H,4,8-9,12-13H2,1-3H3,(H2,20,21,22);1H. The van der Waals surface area contributed by atoms with Gasteiger partial charge in [-0.1, -0.05) is 12.1 Å². The zero-order valence-electron chi connectivity index (χ0n) is 15.6. The summed E-state index contributed by atoms with van der Waals surface area (Å²) >= 11 is 1.70. The van der Waals surface area contributed by atoms with Gasteiger partial charge in [0.05, 0.1) is 6.61 Å². The van der Waals surface area contributed by atoms with Crippen LogP contribution in [0.1, 0.15) is 23.6 Å². The maximum Gasteiger partial charge on any atom is 0.191 e. The summed E-state index contributed by atoms with van der Waals surface area (Å²) in [6, 6.07) is 8.35. The van der Waals surface area contributed by atoms with E-state index in [0.29, 0.717) is 26.4 Å². The van der Waals surface area contributed by atoms with Crippen LogP contribution in [0.25, 0.3) is 0 Å². The van der Waals surface area contributed by atoms with Gasteiger partial charge in [-0.2, -0.15) is 11.3 Å². The van der Waals surface area contributed by atoms with Gasteiger partial charge < -0.3 is 20.1 Å². The highest BCUT2D eigenvalue weighted by Gasteiger charge is 2.06. The fraction of sp³-hybridized carbons (Fsp3) is 0.421. The normalized spacial score (nSPS) is 11.0. The first-order valence-corrected chi connectivity index (χ1v) is 9.43. The Kier molecular flexibility index (Phi) is 11.3. The van der Waals surface area contributed by atoms with Crippen LogP contribution >= 0.6 is 35.3 Å². The molecule has 0 saturated heterocycles. The van der Waals surface area contributed by atoms with Crippen molar-refractivity contribution >= 4 is 41.3 Å². The Morgan fingerprint density at radius 1 is 1.15 bits per heavy atom. The van der Waals surface area contributed by atoms with Crippen LogP contribution in [-0.4, -0.2) is 32.8 Å². The molecule has 5 nitrogen and oxygen atoms in total. The predicted octanol–water partition coefficient (Wildman–Crippen LogP) is 3.96. The number of guanidine groups is 1. The number of hydrogen-bond donors (Lipinski definition) is 2. The second-order valence-electron chi connectivity index (χ2n) is 5.57. The van der Waals surface area contributed by atoms with Crippen molar-refractivity contribution in [3.63, 3.8) is 0 Å². The topological polar surface area (TPSA) is 54.9 Å². The van der Waals surface area contributed by atoms with Crippen molar-refractivity contribution in [3.8, 4) is 5.75 Å². The number of nitrogens with one attached hydrogen (secondary N) is 2. The first-order chi connectivity index (χ1) is 12.2. The molecule has 2 aromatic rings. The Hall–Kier alpha value is -1.32. The largest absolute Gasteiger partial charge is 0.491 e. The van der Waals surface area contributed by atoms with E-state index in [1.165, 1.54) is 11.1 Å². The summed E-state index contributed by atoms with van der Waals surface area (Å²) in [4.78, 5) is 4.27. The van der Waals surface area contributed by atoms with Gasteiger partial charge in [-0.05, 0) is 47.9 Å². The maximum absolute atomic E-state index is 5.88. The number of halogens is 1. The van der Waals surface area contributed by atoms with E-state index in [4.69, 9.17) is 9.47 Å². The third-order valence-corrected chi connectivity index (χ3v) is 4.35. The number of aliphatic imine (C=N–C) groups is 1. The first kappa shape index (κ1) is 22.7. The summed E-state index contributed by atoms with van der Waals surface area (Å²) in [5.41, 5.74) is 3.53. The van der Waals surface area contributed by atoms with Gasteiger partial charge in [-0.25, -0.2) is 0 Å². The van der Waals surface area contributed by atoms with Crippen LogP contribution in [0, 0.1) is 6.92 Å². The molecular formula is C19H28IN3O2S. The van der Waals surface area contributed by atoms with Crippen LogP contribution < -0.4 is 15.4 Å². The van der Waals surface area contributed by atoms with Gasteiger partial charge in [0.1, 0.15) is 12.4 Å². The summed E-state index contributed by atoms with van der Waals surface area (Å²) in [5, 5.41) is 10.9. The van der Waals surface area contributed by atoms with Crippen LogP contribution in [0.5, 0.6) is 5.75 Å². The Bertz CT molecular complexity index is 663. The number of nitrogens with zero attached hydrogens (tertiary/aromatic N) is 1. The summed E-state index contributed by atoms with van der Waals surface area (Å²) in [6.07, 6.45) is 0. The fourth-order valence-electron chi connectivity index (χ4n) is 2.28. The Morgan fingerprint density at radius 3 is 2.65 bits per heavy atom. The molecule has 0 saturated carbocycles. The molecule has 2 rings (SSSR count). The average Bonchev–Trinajstić information content (AvgIpc) is 3.14. The van der Waals surface area contributed by atoms with E-state index < -0.39 is 0 Å². The molecule has 0 aliphatic carbocycles. The molecule has 0 bridgehead atoms. The zero-order chi connectivity index (χ0) is 17.9. The van der Waals surface area contributed by atoms with Crippen molar-refractivity contribution in [3.05, 3.63) is 51.7 Å². The molecule has 1 aromatic heterocycles. The second kappa shape index (κ2) is 12.9. The molecule has 0 radical (unpaired) electrons. The van der Waals surface area contributed by atoms with Gasteiger partial charge in [0, 0.05) is 32.3 Å². The molecular weight excluding hydrogens is 461 g/mol. The smallest absolute Gasteiger partial charge is 0.191 e. The number of rotatable bonds is 9. The minimum Gasteiger partial charge on any atom is -0.491 e. The molecule has 0 fully saturated rings. The number of ether oxygens (including phenoxy) is 2. The predicted molar refractivity (Wildman–Crippen MR) is 120 cm³/mol. The second-order valence-corrected chi connectivity index (χ2v) is 6.35. The van der Waals surface area contributed by atoms with E-state index in [0.717, 1.165) is 23.8 Å². The van der Waals surface area contributed by atoms with Gasteiger partial charge in [0.15, 0.2) is 5.96 Å². The van der Waals surface area contributed by atoms with Crippen molar-refractivity contribution < 1.29 is 9.47 Å². The lowest BCUT2D eigenvalue weighted by molar-refractivity contribution is 0.110. The van der Waals surface area contributed by atoms with E-state index in [1.54, 1.807) is 18.4 Å². The van der Waals surface area contributed by atoms with Gasteiger partial charge in [-0.3, -0.25) is 4.99 Å². The Balaban J connectivity index is 0.00000338. The van der Waals surface area contributed by atoms with Crippen molar-refractivity contribution in [1.29, 1.82) is 0 Å². The van der Waals surface area contributed by atoms with Crippen molar-refractivity contribution in [2.45, 2.75) is 26.9 Å². The molecule has 0 spiro atoms. The highest BCUT2D eigenvalue weighted by atomic mass is 127. The van der Waals surface area contributed by atoms with E-state index >= 15 is 0 Å². The molecule has 0 unspecified atom stereocenters. The fourth-order valence-corrected chi connectivity index (χ4v) is 2.94. The van der Waals surface area contributed by atoms with Crippen LogP contribution in [-0.2, 0) is 17.8 Å². The molecule has 0 amide bonds. The van der Waals surface area contributed by atoms with Crippen molar-refractivity contribution in [2.24, 2.45) is 4.99 Å². The lowest BCUT2D eigenvalue weighted by Crippen LogP contribution is -2.36. The van der Waals surface area contributed by atoms with Crippen LogP contribution in [0.15, 0.2) is 40.0 Å². The molecule has 2 N–H and O–H groups in total. The maximum atomic E-state index is 5.88. The lowest BCUT2D eigenvalue weighted by Gasteiger charge is -2.15. The van der Waals surface area contributed by atoms with Gasteiger partial charge in [-0.15, -0.1) is 24.0 Å². The summed E-state index contributed by atoms with van der Waals surface area (Å²) in [6.45, 7) is 7.31. The monoisotopic (exact) mass is 489 g/mol. The molecule has 0 aliphatic rings. The minimum atomic E-state index is 0. The molecule has 1 aromatic carbocycles. The highest BCUT2D eigenvalue weighted by Crippen LogP contribution is 2.20. The number of aryl methyl sites for hydroxylation is 1. The molecule has 1 heterocycles. The van der Waals surface area contributed by atoms with Crippen LogP contribution in [0.4, 0.5) is 0 Å². The molecule has 0 aliphatic heterocycles. The Labute approximate surface area is 177 Å². The third kappa shape index (κ3) is 7.92. The molecule has 144 valence electrons. The Morgan fingerprint density at radius 2 is 1.96 bits per heavy atom. The quantitative estimate of drug-likeness (QED) is 0.243. The average molecular weight is 489 g/mol. The molecule has 26 heavy (non-hydrogen) atoms. The number of benzene rings is 1. The zero-order valence-corrected chi connectivity index (χ0v) is 18.7. The summed E-state index contributed by atoms with van der Waals surface area (Å²) in [7, 11) is 1.78. The summed E-state index contributed by atoms with van der Waals surface area (Å²) in [5.74, 6) is 1.66. The number of hydrogen-bond acceptors (Lipinski definition) is 4. The van der Waals surface area contributed by atoms with Crippen LogP contribution in [0.2, 0.25) is 0 Å². The van der Waals surface area contributed by atoms with Crippen molar-refractivity contribution in [1.82, 2.24) is 10.6 Å². The third-order valence-electron chi connectivity index (χ3n) is 3.62. The van der Waals surface area contributed by atoms with E-state index in [2.05, 4.69) is 57.6 Å². The first-order valence-electron chi connectivity index (χ1n) is 8.48. The molecule has 0 atom stereocenters. The highest BCUT2D eigenvalue weighted by molar-refractivity contribution is 14.0.